The average molecular weight is 300 g/mol. The van der Waals surface area contributed by atoms with Gasteiger partial charge in [0.2, 0.25) is 0 Å². The summed E-state index contributed by atoms with van der Waals surface area (Å²) in [7, 11) is 0. The van der Waals surface area contributed by atoms with E-state index in [9.17, 15) is 10.2 Å². The number of aryl methyl sites for hydroxylation is 1. The van der Waals surface area contributed by atoms with Gasteiger partial charge in [0.05, 0.1) is 0 Å². The number of hydrogen-bond acceptors (Lipinski definition) is 5. The molecule has 116 valence electrons. The zero-order valence-electron chi connectivity index (χ0n) is 13.2. The van der Waals surface area contributed by atoms with Crippen molar-refractivity contribution in [2.24, 2.45) is 5.16 Å². The normalized spacial score (nSPS) is 12.3. The predicted molar refractivity (Wildman–Crippen MR) is 85.2 cm³/mol. The van der Waals surface area contributed by atoms with Crippen LogP contribution in [0, 0.1) is 6.92 Å². The van der Waals surface area contributed by atoms with E-state index in [4.69, 9.17) is 4.84 Å². The minimum atomic E-state index is -0.505. The van der Waals surface area contributed by atoms with Crippen molar-refractivity contribution in [2.75, 3.05) is 0 Å². The first-order chi connectivity index (χ1) is 10.3. The van der Waals surface area contributed by atoms with E-state index in [2.05, 4.69) is 10.1 Å². The number of aromatic hydroxyl groups is 2. The smallest absolute Gasteiger partial charge is 0.143 e. The highest BCUT2D eigenvalue weighted by atomic mass is 16.6. The van der Waals surface area contributed by atoms with Gasteiger partial charge in [-0.2, -0.15) is 0 Å². The molecule has 0 saturated carbocycles. The van der Waals surface area contributed by atoms with Gasteiger partial charge in [0, 0.05) is 11.8 Å². The maximum atomic E-state index is 10.1. The Bertz CT molecular complexity index is 703. The third-order valence-corrected chi connectivity index (χ3v) is 2.83. The van der Waals surface area contributed by atoms with Gasteiger partial charge < -0.3 is 15.1 Å². The summed E-state index contributed by atoms with van der Waals surface area (Å²) in [4.78, 5) is 9.63. The molecular formula is C17H20N2O3. The second-order valence-electron chi connectivity index (χ2n) is 6.04. The van der Waals surface area contributed by atoms with Gasteiger partial charge in [0.1, 0.15) is 28.5 Å². The lowest BCUT2D eigenvalue weighted by Gasteiger charge is -2.17. The van der Waals surface area contributed by atoms with Crippen LogP contribution in [-0.2, 0) is 4.84 Å². The van der Waals surface area contributed by atoms with Crippen molar-refractivity contribution in [2.45, 2.75) is 33.3 Å². The maximum absolute atomic E-state index is 10.1. The third-order valence-electron chi connectivity index (χ3n) is 2.83. The number of nitrogens with zero attached hydrogens (tertiary/aromatic N) is 2. The molecule has 1 aromatic carbocycles. The van der Waals surface area contributed by atoms with Crippen LogP contribution in [0.5, 0.6) is 11.5 Å². The van der Waals surface area contributed by atoms with E-state index in [1.54, 1.807) is 30.5 Å². The van der Waals surface area contributed by atoms with Gasteiger partial charge in [0.25, 0.3) is 0 Å². The van der Waals surface area contributed by atoms with Gasteiger partial charge in [-0.05, 0) is 52.0 Å². The van der Waals surface area contributed by atoms with Crippen LogP contribution >= 0.6 is 0 Å². The molecule has 0 bridgehead atoms. The zero-order valence-corrected chi connectivity index (χ0v) is 13.2. The Hall–Kier alpha value is -2.56. The minimum absolute atomic E-state index is 0.0281. The van der Waals surface area contributed by atoms with Crippen molar-refractivity contribution in [3.63, 3.8) is 0 Å². The molecule has 0 aliphatic carbocycles. The molecule has 2 rings (SSSR count). The number of aromatic nitrogens is 1. The largest absolute Gasteiger partial charge is 0.507 e. The van der Waals surface area contributed by atoms with E-state index in [-0.39, 0.29) is 22.9 Å². The van der Waals surface area contributed by atoms with Crippen LogP contribution in [0.3, 0.4) is 0 Å². The van der Waals surface area contributed by atoms with Crippen molar-refractivity contribution < 1.29 is 15.1 Å². The molecule has 0 fully saturated rings. The molecule has 0 amide bonds. The first-order valence-electron chi connectivity index (χ1n) is 6.98. The molecule has 0 aliphatic rings. The van der Waals surface area contributed by atoms with Crippen LogP contribution in [0.1, 0.15) is 37.6 Å². The molecule has 0 atom stereocenters. The van der Waals surface area contributed by atoms with Gasteiger partial charge in [-0.25, -0.2) is 0 Å². The van der Waals surface area contributed by atoms with E-state index in [0.29, 0.717) is 5.56 Å². The van der Waals surface area contributed by atoms with Gasteiger partial charge in [0.15, 0.2) is 0 Å². The minimum Gasteiger partial charge on any atom is -0.507 e. The van der Waals surface area contributed by atoms with Crippen molar-refractivity contribution >= 4 is 5.71 Å². The van der Waals surface area contributed by atoms with Crippen LogP contribution in [0.15, 0.2) is 41.7 Å². The third kappa shape index (κ3) is 3.75. The number of benzene rings is 1. The van der Waals surface area contributed by atoms with Gasteiger partial charge in [-0.3, -0.25) is 4.98 Å². The Morgan fingerprint density at radius 1 is 1.14 bits per heavy atom. The monoisotopic (exact) mass is 300 g/mol. The summed E-state index contributed by atoms with van der Waals surface area (Å²) in [5.74, 6) is 0.0200. The summed E-state index contributed by atoms with van der Waals surface area (Å²) in [5, 5.41) is 24.3. The first-order valence-corrected chi connectivity index (χ1v) is 6.98. The van der Waals surface area contributed by atoms with Crippen molar-refractivity contribution in [3.8, 4) is 11.5 Å². The van der Waals surface area contributed by atoms with E-state index >= 15 is 0 Å². The highest BCUT2D eigenvalue weighted by molar-refractivity contribution is 6.14. The summed E-state index contributed by atoms with van der Waals surface area (Å²) in [6.45, 7) is 7.50. The van der Waals surface area contributed by atoms with Crippen molar-refractivity contribution in [3.05, 3.63) is 53.3 Å². The molecule has 22 heavy (non-hydrogen) atoms. The molecule has 0 spiro atoms. The van der Waals surface area contributed by atoms with E-state index in [0.717, 1.165) is 5.56 Å². The topological polar surface area (TPSA) is 74.9 Å². The molecule has 5 nitrogen and oxygen atoms in total. The second-order valence-corrected chi connectivity index (χ2v) is 6.04. The van der Waals surface area contributed by atoms with Crippen LogP contribution < -0.4 is 0 Å². The molecule has 2 aromatic rings. The standard InChI is InChI=1S/C17H20N2O3/c1-11-7-8-13(20)12(10-11)15(19-22-17(2,3)4)16-14(21)6-5-9-18-16/h5-10,20-21H,1-4H3. The van der Waals surface area contributed by atoms with Crippen LogP contribution in [0.25, 0.3) is 0 Å². The Kier molecular flexibility index (Phi) is 4.35. The number of hydrogen-bond donors (Lipinski definition) is 2. The first kappa shape index (κ1) is 15.8. The average Bonchev–Trinajstić information content (AvgIpc) is 2.43. The fraction of sp³-hybridized carbons (Fsp3) is 0.294. The quantitative estimate of drug-likeness (QED) is 0.673. The highest BCUT2D eigenvalue weighted by Crippen LogP contribution is 2.26. The van der Waals surface area contributed by atoms with Gasteiger partial charge in [-0.15, -0.1) is 0 Å². The number of rotatable bonds is 3. The Morgan fingerprint density at radius 3 is 2.50 bits per heavy atom. The van der Waals surface area contributed by atoms with E-state index in [1.807, 2.05) is 27.7 Å². The lowest BCUT2D eigenvalue weighted by molar-refractivity contribution is 0.00109. The fourth-order valence-electron chi connectivity index (χ4n) is 1.82. The SMILES string of the molecule is Cc1ccc(O)c(C(=NOC(C)(C)C)c2ncccc2O)c1. The molecule has 0 saturated heterocycles. The lowest BCUT2D eigenvalue weighted by Crippen LogP contribution is -2.18. The molecule has 2 N–H and O–H groups in total. The highest BCUT2D eigenvalue weighted by Gasteiger charge is 2.19. The van der Waals surface area contributed by atoms with Crippen LogP contribution in [-0.4, -0.2) is 26.5 Å². The van der Waals surface area contributed by atoms with Crippen LogP contribution in [0.4, 0.5) is 0 Å². The Morgan fingerprint density at radius 2 is 1.86 bits per heavy atom. The van der Waals surface area contributed by atoms with E-state index in [1.165, 1.54) is 6.07 Å². The Labute approximate surface area is 129 Å². The number of phenolic OH excluding ortho intramolecular Hbond substituents is 1. The summed E-state index contributed by atoms with van der Waals surface area (Å²) in [5.41, 5.74) is 1.45. The maximum Gasteiger partial charge on any atom is 0.143 e. The molecule has 1 aromatic heterocycles. The zero-order chi connectivity index (χ0) is 16.3. The van der Waals surface area contributed by atoms with Crippen molar-refractivity contribution in [1.82, 2.24) is 4.98 Å². The number of oxime groups is 1. The number of phenols is 1. The summed E-state index contributed by atoms with van der Waals surface area (Å²) in [6.07, 6.45) is 1.55. The number of pyridine rings is 1. The molecule has 0 radical (unpaired) electrons. The molecular weight excluding hydrogens is 280 g/mol. The van der Waals surface area contributed by atoms with Gasteiger partial charge >= 0.3 is 0 Å². The van der Waals surface area contributed by atoms with Crippen molar-refractivity contribution in [1.29, 1.82) is 0 Å². The Balaban J connectivity index is 2.61. The lowest BCUT2D eigenvalue weighted by atomic mass is 10.0. The predicted octanol–water partition coefficient (Wildman–Crippen LogP) is 3.37. The second kappa shape index (κ2) is 6.05. The fourth-order valence-corrected chi connectivity index (χ4v) is 1.82. The summed E-state index contributed by atoms with van der Waals surface area (Å²) >= 11 is 0. The summed E-state index contributed by atoms with van der Waals surface area (Å²) < 4.78 is 0. The molecule has 0 unspecified atom stereocenters. The van der Waals surface area contributed by atoms with Crippen LogP contribution in [0.2, 0.25) is 0 Å². The summed E-state index contributed by atoms with van der Waals surface area (Å²) in [6, 6.07) is 8.28. The van der Waals surface area contributed by atoms with E-state index < -0.39 is 5.60 Å². The molecule has 5 heteroatoms. The molecule has 1 heterocycles. The molecule has 0 aliphatic heterocycles. The van der Waals surface area contributed by atoms with Gasteiger partial charge in [-0.1, -0.05) is 16.8 Å².